The summed E-state index contributed by atoms with van der Waals surface area (Å²) in [6, 6.07) is 18.5. The molecular formula is C48H62N8O8. The molecule has 64 heavy (non-hydrogen) atoms. The van der Waals surface area contributed by atoms with E-state index in [1.807, 2.05) is 60.7 Å². The third kappa shape index (κ3) is 11.1. The molecule has 2 fully saturated rings. The molecule has 16 nitrogen and oxygen atoms in total. The fourth-order valence-corrected chi connectivity index (χ4v) is 8.52. The van der Waals surface area contributed by atoms with Crippen molar-refractivity contribution >= 4 is 57.0 Å². The van der Waals surface area contributed by atoms with Crippen LogP contribution in [-0.2, 0) is 19.2 Å². The Hall–Kier alpha value is -6.26. The monoisotopic (exact) mass is 878 g/mol. The number of hydrogen-bond donors (Lipinski definition) is 6. The molecule has 0 aromatic heterocycles. The molecule has 0 saturated carbocycles. The predicted octanol–water partition coefficient (Wildman–Crippen LogP) is 3.12. The molecular weight excluding hydrogens is 817 g/mol. The zero-order valence-corrected chi connectivity index (χ0v) is 37.6. The molecule has 2 aliphatic rings. The molecule has 2 heterocycles. The normalized spacial score (nSPS) is 17.9. The lowest BCUT2D eigenvalue weighted by Gasteiger charge is -2.32. The molecule has 4 aromatic carbocycles. The van der Waals surface area contributed by atoms with Crippen LogP contribution in [0.5, 0.6) is 11.5 Å². The van der Waals surface area contributed by atoms with Gasteiger partial charge in [0.25, 0.3) is 11.8 Å². The summed E-state index contributed by atoms with van der Waals surface area (Å²) in [6.07, 6.45) is 2.72. The molecule has 2 saturated heterocycles. The van der Waals surface area contributed by atoms with E-state index in [-0.39, 0.29) is 61.6 Å². The van der Waals surface area contributed by atoms with E-state index in [4.69, 9.17) is 9.47 Å². The van der Waals surface area contributed by atoms with Gasteiger partial charge in [-0.1, -0.05) is 48.5 Å². The first kappa shape index (κ1) is 47.2. The van der Waals surface area contributed by atoms with E-state index >= 15 is 0 Å². The Kier molecular flexibility index (Phi) is 16.2. The van der Waals surface area contributed by atoms with Gasteiger partial charge in [0.1, 0.15) is 23.6 Å². The van der Waals surface area contributed by atoms with E-state index in [2.05, 4.69) is 31.9 Å². The predicted molar refractivity (Wildman–Crippen MR) is 245 cm³/mol. The topological polar surface area (TPSA) is 200 Å². The number of carbonyl (C=O) groups is 6. The van der Waals surface area contributed by atoms with Gasteiger partial charge in [-0.3, -0.25) is 28.8 Å². The van der Waals surface area contributed by atoms with Gasteiger partial charge in [0.2, 0.25) is 23.6 Å². The zero-order chi connectivity index (χ0) is 45.9. The molecule has 0 aliphatic carbocycles. The van der Waals surface area contributed by atoms with Gasteiger partial charge < -0.3 is 51.2 Å². The fourth-order valence-electron chi connectivity index (χ4n) is 8.52. The number of benzene rings is 4. The lowest BCUT2D eigenvalue weighted by molar-refractivity contribution is -0.139. The first-order valence-corrected chi connectivity index (χ1v) is 22.1. The summed E-state index contributed by atoms with van der Waals surface area (Å²) in [5.74, 6) is -1.29. The molecule has 6 atom stereocenters. The SMILES string of the molecule is CN[C@@H](C)C(=O)N[C@@H](CC[C@H](NC(=O)[C@H](C)NC)C(=O)N1CCC[C@H]1CNC(=O)c1cc2ccccc2cc1OC)C(=O)N1CCC[C@H]1CNC(=O)c1cc2ccccc2cc1OC. The maximum absolute atomic E-state index is 14.5. The molecule has 6 rings (SSSR count). The van der Waals surface area contributed by atoms with Gasteiger partial charge in [0.15, 0.2) is 0 Å². The van der Waals surface area contributed by atoms with Gasteiger partial charge in [0, 0.05) is 38.3 Å². The zero-order valence-electron chi connectivity index (χ0n) is 37.6. The van der Waals surface area contributed by atoms with Gasteiger partial charge in [-0.05, 0) is 112 Å². The lowest BCUT2D eigenvalue weighted by Crippen LogP contribution is -2.57. The van der Waals surface area contributed by atoms with E-state index < -0.39 is 36.0 Å². The largest absolute Gasteiger partial charge is 0.496 e. The third-order valence-electron chi connectivity index (χ3n) is 12.6. The first-order valence-electron chi connectivity index (χ1n) is 22.1. The highest BCUT2D eigenvalue weighted by atomic mass is 16.5. The van der Waals surface area contributed by atoms with E-state index in [0.29, 0.717) is 61.4 Å². The van der Waals surface area contributed by atoms with Crippen LogP contribution < -0.4 is 41.4 Å². The van der Waals surface area contributed by atoms with Crippen molar-refractivity contribution < 1.29 is 38.2 Å². The number of ether oxygens (including phenoxy) is 2. The number of carbonyl (C=O) groups excluding carboxylic acids is 6. The molecule has 16 heteroatoms. The van der Waals surface area contributed by atoms with Crippen molar-refractivity contribution in [3.8, 4) is 11.5 Å². The summed E-state index contributed by atoms with van der Waals surface area (Å²) < 4.78 is 11.1. The van der Waals surface area contributed by atoms with Crippen molar-refractivity contribution in [1.29, 1.82) is 0 Å². The molecule has 4 aromatic rings. The molecule has 6 amide bonds. The Balaban J connectivity index is 1.16. The van der Waals surface area contributed by atoms with Crippen LogP contribution in [0.2, 0.25) is 0 Å². The first-order chi connectivity index (χ1) is 30.9. The van der Waals surface area contributed by atoms with Gasteiger partial charge in [-0.15, -0.1) is 0 Å². The smallest absolute Gasteiger partial charge is 0.255 e. The number of amides is 6. The van der Waals surface area contributed by atoms with Gasteiger partial charge in [-0.2, -0.15) is 0 Å². The number of likely N-dealkylation sites (N-methyl/N-ethyl adjacent to an activating group) is 2. The van der Waals surface area contributed by atoms with E-state index in [9.17, 15) is 28.8 Å². The minimum atomic E-state index is -1.04. The summed E-state index contributed by atoms with van der Waals surface area (Å²) in [6.45, 7) is 4.54. The Morgan fingerprint density at radius 1 is 0.594 bits per heavy atom. The Morgan fingerprint density at radius 3 is 1.30 bits per heavy atom. The van der Waals surface area contributed by atoms with Gasteiger partial charge in [-0.25, -0.2) is 0 Å². The van der Waals surface area contributed by atoms with Crippen molar-refractivity contribution in [2.75, 3.05) is 54.5 Å². The van der Waals surface area contributed by atoms with Crippen LogP contribution in [0.4, 0.5) is 0 Å². The molecule has 2 aliphatic heterocycles. The van der Waals surface area contributed by atoms with E-state index in [1.54, 1.807) is 49.9 Å². The summed E-state index contributed by atoms with van der Waals surface area (Å²) in [5, 5.41) is 21.3. The molecule has 0 spiro atoms. The van der Waals surface area contributed by atoms with Crippen LogP contribution in [0.15, 0.2) is 72.8 Å². The average Bonchev–Trinajstić information content (AvgIpc) is 4.01. The second-order valence-corrected chi connectivity index (χ2v) is 16.6. The van der Waals surface area contributed by atoms with Crippen molar-refractivity contribution in [2.45, 2.75) is 88.6 Å². The van der Waals surface area contributed by atoms with Crippen LogP contribution in [0, 0.1) is 0 Å². The quantitative estimate of drug-likeness (QED) is 0.0814. The number of methoxy groups -OCH3 is 2. The second-order valence-electron chi connectivity index (χ2n) is 16.6. The molecule has 0 bridgehead atoms. The summed E-state index contributed by atoms with van der Waals surface area (Å²) in [5.41, 5.74) is 0.753. The van der Waals surface area contributed by atoms with Crippen molar-refractivity contribution in [3.63, 3.8) is 0 Å². The van der Waals surface area contributed by atoms with Crippen LogP contribution in [0.1, 0.15) is 73.1 Å². The summed E-state index contributed by atoms with van der Waals surface area (Å²) in [4.78, 5) is 86.3. The van der Waals surface area contributed by atoms with Crippen molar-refractivity contribution in [1.82, 2.24) is 41.7 Å². The number of rotatable bonds is 19. The number of nitrogens with zero attached hydrogens (tertiary/aromatic N) is 2. The Morgan fingerprint density at radius 2 is 0.953 bits per heavy atom. The van der Waals surface area contributed by atoms with Crippen LogP contribution in [-0.4, -0.2) is 136 Å². The maximum atomic E-state index is 14.5. The number of fused-ring (bicyclic) bond motifs is 2. The van der Waals surface area contributed by atoms with Crippen LogP contribution in [0.25, 0.3) is 21.5 Å². The molecule has 0 unspecified atom stereocenters. The number of likely N-dealkylation sites (tertiary alicyclic amines) is 2. The van der Waals surface area contributed by atoms with Crippen molar-refractivity contribution in [2.24, 2.45) is 0 Å². The Labute approximate surface area is 374 Å². The fraction of sp³-hybridized carbons (Fsp3) is 0.458. The standard InChI is InChI=1S/C48H62N8O8/c1-29(49-3)43(57)53-39(47(61)55-21-11-17-35(55)27-51-45(59)37-23-31-13-7-9-15-33(31)25-41(37)63-5)19-20-40(54-44(58)30(2)50-4)48(62)56-22-12-18-36(56)28-52-46(60)38-24-32-14-8-10-16-34(32)26-42(38)64-6/h7-10,13-16,23-26,29-30,35-36,39-40,49-50H,11-12,17-22,27-28H2,1-6H3,(H,51,59)(H,52,60)(H,53,57)(H,54,58)/t29-,30-,35-,36-,39-,40-/m0/s1. The minimum Gasteiger partial charge on any atom is -0.496 e. The minimum absolute atomic E-state index is 0.0342. The van der Waals surface area contributed by atoms with Gasteiger partial charge >= 0.3 is 0 Å². The summed E-state index contributed by atoms with van der Waals surface area (Å²) >= 11 is 0. The highest BCUT2D eigenvalue weighted by molar-refractivity contribution is 6.03. The van der Waals surface area contributed by atoms with E-state index in [1.165, 1.54) is 14.2 Å². The highest BCUT2D eigenvalue weighted by Crippen LogP contribution is 2.28. The second kappa shape index (κ2) is 21.9. The third-order valence-corrected chi connectivity index (χ3v) is 12.6. The maximum Gasteiger partial charge on any atom is 0.255 e. The molecule has 6 N–H and O–H groups in total. The number of hydrogen-bond acceptors (Lipinski definition) is 10. The Bertz CT molecular complexity index is 2180. The van der Waals surface area contributed by atoms with Crippen molar-refractivity contribution in [3.05, 3.63) is 83.9 Å². The van der Waals surface area contributed by atoms with Crippen LogP contribution >= 0.6 is 0 Å². The van der Waals surface area contributed by atoms with Crippen LogP contribution in [0.3, 0.4) is 0 Å². The van der Waals surface area contributed by atoms with E-state index in [0.717, 1.165) is 21.5 Å². The number of nitrogens with one attached hydrogen (secondary N) is 6. The molecule has 342 valence electrons. The average molecular weight is 879 g/mol. The summed E-state index contributed by atoms with van der Waals surface area (Å²) in [7, 11) is 6.32. The highest BCUT2D eigenvalue weighted by Gasteiger charge is 2.38. The van der Waals surface area contributed by atoms with Gasteiger partial charge in [0.05, 0.1) is 37.4 Å². The molecule has 0 radical (unpaired) electrons. The lowest BCUT2D eigenvalue weighted by atomic mass is 10.0.